The second kappa shape index (κ2) is 12.6. The van der Waals surface area contributed by atoms with E-state index in [1.165, 1.54) is 21.9 Å². The lowest BCUT2D eigenvalue weighted by atomic mass is 9.88. The molecule has 0 spiro atoms. The molecule has 9 aromatic carbocycles. The molecule has 0 saturated heterocycles. The molecule has 0 radical (unpaired) electrons. The summed E-state index contributed by atoms with van der Waals surface area (Å²) in [6.45, 7) is 0. The molecular formula is C52H33NO2. The Morgan fingerprint density at radius 2 is 0.945 bits per heavy atom. The topological polar surface area (TPSA) is 29.5 Å². The van der Waals surface area contributed by atoms with Crippen molar-refractivity contribution in [3.63, 3.8) is 0 Å². The van der Waals surface area contributed by atoms with Gasteiger partial charge >= 0.3 is 0 Å². The molecule has 2 aromatic heterocycles. The quantitative estimate of drug-likeness (QED) is 0.173. The Kier molecular flexibility index (Phi) is 7.17. The average molecular weight is 704 g/mol. The van der Waals surface area contributed by atoms with Crippen LogP contribution in [0.5, 0.6) is 0 Å². The maximum absolute atomic E-state index is 6.50. The first-order valence-corrected chi connectivity index (χ1v) is 18.7. The third-order valence-corrected chi connectivity index (χ3v) is 10.9. The lowest BCUT2D eigenvalue weighted by Gasteiger charge is -2.28. The summed E-state index contributed by atoms with van der Waals surface area (Å²) >= 11 is 0. The van der Waals surface area contributed by atoms with Gasteiger partial charge in [-0.15, -0.1) is 0 Å². The molecule has 0 aliphatic heterocycles. The van der Waals surface area contributed by atoms with E-state index in [1.807, 2.05) is 18.2 Å². The second-order valence-electron chi connectivity index (χ2n) is 14.1. The molecule has 258 valence electrons. The normalized spacial score (nSPS) is 11.6. The van der Waals surface area contributed by atoms with Crippen LogP contribution in [0.2, 0.25) is 0 Å². The van der Waals surface area contributed by atoms with Gasteiger partial charge in [-0.2, -0.15) is 0 Å². The largest absolute Gasteiger partial charge is 0.456 e. The minimum absolute atomic E-state index is 0.852. The number of fused-ring (bicyclic) bond motifs is 7. The average Bonchev–Trinajstić information content (AvgIpc) is 3.82. The molecule has 11 aromatic rings. The molecule has 3 nitrogen and oxygen atoms in total. The molecule has 2 heterocycles. The Labute approximate surface area is 317 Å². The molecule has 0 unspecified atom stereocenters. The maximum atomic E-state index is 6.50. The first kappa shape index (κ1) is 31.2. The van der Waals surface area contributed by atoms with Crippen LogP contribution in [0.4, 0.5) is 17.1 Å². The first-order valence-electron chi connectivity index (χ1n) is 18.7. The van der Waals surface area contributed by atoms with Crippen molar-refractivity contribution in [1.82, 2.24) is 0 Å². The molecule has 0 atom stereocenters. The Bertz CT molecular complexity index is 3210. The maximum Gasteiger partial charge on any atom is 0.137 e. The van der Waals surface area contributed by atoms with Gasteiger partial charge in [0.15, 0.2) is 0 Å². The third-order valence-electron chi connectivity index (χ3n) is 10.9. The summed E-state index contributed by atoms with van der Waals surface area (Å²) in [5.74, 6) is 0. The summed E-state index contributed by atoms with van der Waals surface area (Å²) in [6.07, 6.45) is 0. The molecular weight excluding hydrogens is 671 g/mol. The van der Waals surface area contributed by atoms with E-state index in [1.54, 1.807) is 0 Å². The summed E-state index contributed by atoms with van der Waals surface area (Å²) < 4.78 is 13.0. The third kappa shape index (κ3) is 5.20. The summed E-state index contributed by atoms with van der Waals surface area (Å²) in [5, 5.41) is 6.84. The number of rotatable bonds is 6. The van der Waals surface area contributed by atoms with Crippen molar-refractivity contribution in [2.75, 3.05) is 4.90 Å². The summed E-state index contributed by atoms with van der Waals surface area (Å²) in [7, 11) is 0. The Morgan fingerprint density at radius 1 is 0.327 bits per heavy atom. The van der Waals surface area contributed by atoms with Gasteiger partial charge in [-0.1, -0.05) is 133 Å². The van der Waals surface area contributed by atoms with E-state index < -0.39 is 0 Å². The van der Waals surface area contributed by atoms with Crippen molar-refractivity contribution in [2.24, 2.45) is 0 Å². The van der Waals surface area contributed by atoms with Gasteiger partial charge < -0.3 is 13.7 Å². The SMILES string of the molecule is c1ccc(-c2ccc(N(c3ccc4c(c3)oc3ccccc34)c3ccccc3-c3ccc4oc5ccccc5c4c3-c3ccc4ccccc4c3)cc2)cc1. The zero-order chi connectivity index (χ0) is 36.3. The van der Waals surface area contributed by atoms with Crippen LogP contribution < -0.4 is 4.90 Å². The van der Waals surface area contributed by atoms with E-state index in [-0.39, 0.29) is 0 Å². The standard InChI is InChI=1S/C52H33NO2/c1-2-12-34(13-3-1)36-24-26-39(27-25-36)53(40-28-29-43-42-17-7-10-20-47(42)55-50(43)33-40)46-19-9-6-16-41(46)44-30-31-49-52(45-18-8-11-21-48(45)54-49)51(44)38-23-22-35-14-4-5-15-37(35)32-38/h1-33H. The van der Waals surface area contributed by atoms with Crippen LogP contribution >= 0.6 is 0 Å². The van der Waals surface area contributed by atoms with E-state index in [4.69, 9.17) is 8.83 Å². The number of para-hydroxylation sites is 3. The lowest BCUT2D eigenvalue weighted by Crippen LogP contribution is -2.11. The summed E-state index contributed by atoms with van der Waals surface area (Å²) in [5.41, 5.74) is 13.5. The summed E-state index contributed by atoms with van der Waals surface area (Å²) in [4.78, 5) is 2.36. The van der Waals surface area contributed by atoms with Gasteiger partial charge in [0.2, 0.25) is 0 Å². The molecule has 55 heavy (non-hydrogen) atoms. The zero-order valence-corrected chi connectivity index (χ0v) is 29.8. The fourth-order valence-corrected chi connectivity index (χ4v) is 8.30. The van der Waals surface area contributed by atoms with Crippen LogP contribution in [0.3, 0.4) is 0 Å². The van der Waals surface area contributed by atoms with Crippen molar-refractivity contribution in [2.45, 2.75) is 0 Å². The van der Waals surface area contributed by atoms with E-state index in [0.29, 0.717) is 0 Å². The van der Waals surface area contributed by atoms with Crippen LogP contribution in [0.15, 0.2) is 209 Å². The Hall–Kier alpha value is -7.36. The van der Waals surface area contributed by atoms with E-state index >= 15 is 0 Å². The predicted molar refractivity (Wildman–Crippen MR) is 229 cm³/mol. The number of anilines is 3. The smallest absolute Gasteiger partial charge is 0.137 e. The van der Waals surface area contributed by atoms with E-state index in [2.05, 4.69) is 187 Å². The van der Waals surface area contributed by atoms with Crippen molar-refractivity contribution in [1.29, 1.82) is 0 Å². The van der Waals surface area contributed by atoms with Gasteiger partial charge in [-0.05, 0) is 93.7 Å². The lowest BCUT2D eigenvalue weighted by molar-refractivity contribution is 0.668. The van der Waals surface area contributed by atoms with Gasteiger partial charge in [-0.3, -0.25) is 0 Å². The fraction of sp³-hybridized carbons (Fsp3) is 0. The van der Waals surface area contributed by atoms with Gasteiger partial charge in [0.25, 0.3) is 0 Å². The van der Waals surface area contributed by atoms with Crippen LogP contribution in [0, 0.1) is 0 Å². The van der Waals surface area contributed by atoms with Crippen molar-refractivity contribution in [3.05, 3.63) is 200 Å². The molecule has 11 rings (SSSR count). The van der Waals surface area contributed by atoms with Gasteiger partial charge in [0.05, 0.1) is 5.69 Å². The minimum Gasteiger partial charge on any atom is -0.456 e. The fourth-order valence-electron chi connectivity index (χ4n) is 8.30. The highest BCUT2D eigenvalue weighted by molar-refractivity contribution is 6.17. The molecule has 3 heteroatoms. The molecule has 0 N–H and O–H groups in total. The molecule has 0 fully saturated rings. The van der Waals surface area contributed by atoms with Crippen LogP contribution in [-0.2, 0) is 0 Å². The molecule has 0 saturated carbocycles. The predicted octanol–water partition coefficient (Wildman–Crippen LogP) is 15.1. The van der Waals surface area contributed by atoms with Crippen LogP contribution in [0.25, 0.3) is 88.0 Å². The number of hydrogen-bond acceptors (Lipinski definition) is 3. The van der Waals surface area contributed by atoms with Crippen molar-refractivity contribution < 1.29 is 8.83 Å². The number of hydrogen-bond donors (Lipinski definition) is 0. The number of benzene rings is 9. The highest BCUT2D eigenvalue weighted by Crippen LogP contribution is 2.48. The van der Waals surface area contributed by atoms with Crippen LogP contribution in [-0.4, -0.2) is 0 Å². The molecule has 0 bridgehead atoms. The summed E-state index contributed by atoms with van der Waals surface area (Å²) in [6, 6.07) is 71.0. The zero-order valence-electron chi connectivity index (χ0n) is 29.8. The van der Waals surface area contributed by atoms with Gasteiger partial charge in [0.1, 0.15) is 22.3 Å². The highest BCUT2D eigenvalue weighted by Gasteiger charge is 2.23. The number of furan rings is 2. The van der Waals surface area contributed by atoms with Crippen LogP contribution in [0.1, 0.15) is 0 Å². The van der Waals surface area contributed by atoms with Gasteiger partial charge in [-0.25, -0.2) is 0 Å². The van der Waals surface area contributed by atoms with Crippen molar-refractivity contribution >= 4 is 71.7 Å². The monoisotopic (exact) mass is 703 g/mol. The Morgan fingerprint density at radius 3 is 1.80 bits per heavy atom. The minimum atomic E-state index is 0.852. The second-order valence-corrected chi connectivity index (χ2v) is 14.1. The number of nitrogens with zero attached hydrogens (tertiary/aromatic N) is 1. The van der Waals surface area contributed by atoms with Gasteiger partial charge in [0, 0.05) is 50.1 Å². The van der Waals surface area contributed by atoms with Crippen molar-refractivity contribution in [3.8, 4) is 33.4 Å². The highest BCUT2D eigenvalue weighted by atomic mass is 16.3. The first-order chi connectivity index (χ1) is 27.3. The Balaban J connectivity index is 1.17. The molecule has 0 aliphatic rings. The molecule has 0 amide bonds. The van der Waals surface area contributed by atoms with E-state index in [9.17, 15) is 0 Å². The molecule has 0 aliphatic carbocycles. The van der Waals surface area contributed by atoms with E-state index in [0.717, 1.165) is 83.2 Å².